The topological polar surface area (TPSA) is 171 Å². The molecule has 138 valence electrons. The standard InChI is InChI=1S/C14H26N4O6/c1-4-7(2)11(17-9(20)5-15)13(22)16-6-10(21)18-12(8(3)19)14(23)24/h7-8,11-12,19H,4-6,15H2,1-3H3,(H,16,22)(H,17,20)(H,18,21)(H,23,24). The fourth-order valence-electron chi connectivity index (χ4n) is 1.82. The molecule has 7 N–H and O–H groups in total. The van der Waals surface area contributed by atoms with Crippen molar-refractivity contribution >= 4 is 23.7 Å². The van der Waals surface area contributed by atoms with Gasteiger partial charge in [0.05, 0.1) is 19.2 Å². The van der Waals surface area contributed by atoms with E-state index in [1.54, 1.807) is 6.92 Å². The van der Waals surface area contributed by atoms with Gasteiger partial charge >= 0.3 is 5.97 Å². The van der Waals surface area contributed by atoms with Gasteiger partial charge in [0, 0.05) is 0 Å². The first-order valence-electron chi connectivity index (χ1n) is 7.61. The van der Waals surface area contributed by atoms with Crippen LogP contribution in [0.25, 0.3) is 0 Å². The van der Waals surface area contributed by atoms with Crippen LogP contribution in [0.3, 0.4) is 0 Å². The minimum atomic E-state index is -1.48. The van der Waals surface area contributed by atoms with E-state index in [9.17, 15) is 24.3 Å². The third-order valence-electron chi connectivity index (χ3n) is 3.49. The van der Waals surface area contributed by atoms with E-state index in [0.717, 1.165) is 0 Å². The van der Waals surface area contributed by atoms with E-state index in [4.69, 9.17) is 10.8 Å². The molecular formula is C14H26N4O6. The molecule has 0 aromatic heterocycles. The minimum absolute atomic E-state index is 0.187. The fraction of sp³-hybridized carbons (Fsp3) is 0.714. The van der Waals surface area contributed by atoms with E-state index in [1.165, 1.54) is 6.92 Å². The van der Waals surface area contributed by atoms with Crippen LogP contribution in [0.1, 0.15) is 27.2 Å². The van der Waals surface area contributed by atoms with Gasteiger partial charge in [0.15, 0.2) is 6.04 Å². The molecule has 0 aliphatic carbocycles. The van der Waals surface area contributed by atoms with Gasteiger partial charge < -0.3 is 31.9 Å². The van der Waals surface area contributed by atoms with Crippen LogP contribution in [0.5, 0.6) is 0 Å². The van der Waals surface area contributed by atoms with Crippen LogP contribution in [0.15, 0.2) is 0 Å². The molecule has 0 aromatic carbocycles. The summed E-state index contributed by atoms with van der Waals surface area (Å²) in [6.07, 6.45) is -0.683. The van der Waals surface area contributed by atoms with Crippen molar-refractivity contribution in [2.45, 2.75) is 45.4 Å². The average molecular weight is 346 g/mol. The Morgan fingerprint density at radius 1 is 1.04 bits per heavy atom. The van der Waals surface area contributed by atoms with Crippen molar-refractivity contribution in [2.24, 2.45) is 11.7 Å². The van der Waals surface area contributed by atoms with Gasteiger partial charge in [0.2, 0.25) is 17.7 Å². The number of nitrogens with two attached hydrogens (primary N) is 1. The van der Waals surface area contributed by atoms with Gasteiger partial charge in [-0.1, -0.05) is 20.3 Å². The van der Waals surface area contributed by atoms with Crippen molar-refractivity contribution in [3.63, 3.8) is 0 Å². The van der Waals surface area contributed by atoms with Gasteiger partial charge in [0.1, 0.15) is 6.04 Å². The van der Waals surface area contributed by atoms with Crippen LogP contribution in [0, 0.1) is 5.92 Å². The number of amides is 3. The summed E-state index contributed by atoms with van der Waals surface area (Å²) in [5.74, 6) is -3.43. The lowest BCUT2D eigenvalue weighted by Gasteiger charge is -2.23. The largest absolute Gasteiger partial charge is 0.480 e. The van der Waals surface area contributed by atoms with Crippen LogP contribution in [-0.4, -0.2) is 65.2 Å². The van der Waals surface area contributed by atoms with Crippen molar-refractivity contribution < 1.29 is 29.4 Å². The van der Waals surface area contributed by atoms with Crippen molar-refractivity contribution in [1.82, 2.24) is 16.0 Å². The number of rotatable bonds is 10. The molecule has 10 heteroatoms. The lowest BCUT2D eigenvalue weighted by molar-refractivity contribution is -0.144. The molecule has 10 nitrogen and oxygen atoms in total. The molecule has 0 saturated carbocycles. The highest BCUT2D eigenvalue weighted by Crippen LogP contribution is 2.07. The first-order valence-corrected chi connectivity index (χ1v) is 7.61. The van der Waals surface area contributed by atoms with Crippen LogP contribution in [-0.2, 0) is 19.2 Å². The summed E-state index contributed by atoms with van der Waals surface area (Å²) in [6, 6.07) is -2.33. The first-order chi connectivity index (χ1) is 11.1. The SMILES string of the molecule is CCC(C)C(NC(=O)CN)C(=O)NCC(=O)NC(C(=O)O)C(C)O. The van der Waals surface area contributed by atoms with Crippen molar-refractivity contribution in [3.05, 3.63) is 0 Å². The number of hydrogen-bond donors (Lipinski definition) is 6. The van der Waals surface area contributed by atoms with Crippen LogP contribution in [0.4, 0.5) is 0 Å². The Kier molecular flexibility index (Phi) is 9.58. The number of hydrogen-bond acceptors (Lipinski definition) is 6. The average Bonchev–Trinajstić information content (AvgIpc) is 2.53. The van der Waals surface area contributed by atoms with E-state index in [0.29, 0.717) is 6.42 Å². The van der Waals surface area contributed by atoms with Gasteiger partial charge in [-0.05, 0) is 12.8 Å². The van der Waals surface area contributed by atoms with E-state index in [1.807, 2.05) is 6.92 Å². The highest BCUT2D eigenvalue weighted by atomic mass is 16.4. The Hall–Kier alpha value is -2.20. The number of carboxylic acid groups (broad SMARTS) is 1. The van der Waals surface area contributed by atoms with Crippen molar-refractivity contribution in [2.75, 3.05) is 13.1 Å². The molecule has 3 amide bonds. The molecule has 24 heavy (non-hydrogen) atoms. The summed E-state index contributed by atoms with van der Waals surface area (Å²) >= 11 is 0. The molecule has 0 rings (SSSR count). The zero-order valence-electron chi connectivity index (χ0n) is 14.0. The Labute approximate surface area is 140 Å². The third-order valence-corrected chi connectivity index (χ3v) is 3.49. The molecule has 4 atom stereocenters. The minimum Gasteiger partial charge on any atom is -0.480 e. The Bertz CT molecular complexity index is 468. The van der Waals surface area contributed by atoms with Crippen molar-refractivity contribution in [3.8, 4) is 0 Å². The quantitative estimate of drug-likeness (QED) is 0.255. The van der Waals surface area contributed by atoms with Crippen LogP contribution < -0.4 is 21.7 Å². The molecule has 0 aliphatic rings. The van der Waals surface area contributed by atoms with Crippen LogP contribution >= 0.6 is 0 Å². The smallest absolute Gasteiger partial charge is 0.328 e. The van der Waals surface area contributed by atoms with E-state index in [-0.39, 0.29) is 12.5 Å². The summed E-state index contributed by atoms with van der Waals surface area (Å²) in [6.45, 7) is 4.07. The van der Waals surface area contributed by atoms with Gasteiger partial charge in [0.25, 0.3) is 0 Å². The second kappa shape index (κ2) is 10.6. The summed E-state index contributed by atoms with van der Waals surface area (Å²) in [5, 5.41) is 25.1. The zero-order valence-corrected chi connectivity index (χ0v) is 14.0. The molecule has 0 radical (unpaired) electrons. The van der Waals surface area contributed by atoms with Crippen molar-refractivity contribution in [1.29, 1.82) is 0 Å². The molecular weight excluding hydrogens is 320 g/mol. The van der Waals surface area contributed by atoms with Gasteiger partial charge in [-0.3, -0.25) is 14.4 Å². The second-order valence-electron chi connectivity index (χ2n) is 5.48. The molecule has 0 aliphatic heterocycles. The molecule has 0 aromatic rings. The maximum atomic E-state index is 12.1. The van der Waals surface area contributed by atoms with Crippen LogP contribution in [0.2, 0.25) is 0 Å². The predicted molar refractivity (Wildman–Crippen MR) is 84.7 cm³/mol. The highest BCUT2D eigenvalue weighted by molar-refractivity contribution is 5.92. The summed E-state index contributed by atoms with van der Waals surface area (Å²) in [4.78, 5) is 46.1. The van der Waals surface area contributed by atoms with E-state index < -0.39 is 48.4 Å². The number of carbonyl (C=O) groups excluding carboxylic acids is 3. The highest BCUT2D eigenvalue weighted by Gasteiger charge is 2.27. The maximum absolute atomic E-state index is 12.1. The third kappa shape index (κ3) is 7.38. The molecule has 0 spiro atoms. The molecule has 0 fully saturated rings. The molecule has 4 unspecified atom stereocenters. The molecule has 0 heterocycles. The Balaban J connectivity index is 4.68. The predicted octanol–water partition coefficient (Wildman–Crippen LogP) is -2.46. The number of aliphatic carboxylic acids is 1. The lowest BCUT2D eigenvalue weighted by atomic mass is 9.98. The summed E-state index contributed by atoms with van der Waals surface area (Å²) in [5.41, 5.74) is 5.21. The van der Waals surface area contributed by atoms with Gasteiger partial charge in [-0.25, -0.2) is 4.79 Å². The normalized spacial score (nSPS) is 15.5. The van der Waals surface area contributed by atoms with Gasteiger partial charge in [-0.15, -0.1) is 0 Å². The number of aliphatic hydroxyl groups excluding tert-OH is 1. The maximum Gasteiger partial charge on any atom is 0.328 e. The Morgan fingerprint density at radius 3 is 2.00 bits per heavy atom. The Morgan fingerprint density at radius 2 is 1.58 bits per heavy atom. The molecule has 0 saturated heterocycles. The fourth-order valence-corrected chi connectivity index (χ4v) is 1.82. The zero-order chi connectivity index (χ0) is 18.9. The molecule has 0 bridgehead atoms. The van der Waals surface area contributed by atoms with E-state index in [2.05, 4.69) is 16.0 Å². The number of carbonyl (C=O) groups is 4. The van der Waals surface area contributed by atoms with E-state index >= 15 is 0 Å². The number of carboxylic acids is 1. The van der Waals surface area contributed by atoms with Gasteiger partial charge in [-0.2, -0.15) is 0 Å². The monoisotopic (exact) mass is 346 g/mol. The second-order valence-corrected chi connectivity index (χ2v) is 5.48. The summed E-state index contributed by atoms with van der Waals surface area (Å²) in [7, 11) is 0. The number of nitrogens with one attached hydrogen (secondary N) is 3. The summed E-state index contributed by atoms with van der Waals surface area (Å²) < 4.78 is 0. The lowest BCUT2D eigenvalue weighted by Crippen LogP contribution is -2.54. The first kappa shape index (κ1) is 21.8. The number of aliphatic hydroxyl groups is 1.